The smallest absolute Gasteiger partial charge is 0.227 e. The van der Waals surface area contributed by atoms with Gasteiger partial charge in [-0.3, -0.25) is 4.79 Å². The van der Waals surface area contributed by atoms with E-state index in [1.54, 1.807) is 20.3 Å². The van der Waals surface area contributed by atoms with Gasteiger partial charge in [-0.15, -0.1) is 0 Å². The number of hydrogen-bond acceptors (Lipinski definition) is 7. The molecule has 0 bridgehead atoms. The zero-order chi connectivity index (χ0) is 21.4. The normalized spacial score (nSPS) is 22.5. The maximum absolute atomic E-state index is 13.1. The molecule has 0 spiro atoms. The fraction of sp³-hybridized carbons (Fsp3) is 0.591. The predicted molar refractivity (Wildman–Crippen MR) is 117 cm³/mol. The van der Waals surface area contributed by atoms with Gasteiger partial charge in [0.15, 0.2) is 11.5 Å². The Morgan fingerprint density at radius 3 is 2.20 bits per heavy atom. The SMILES string of the molecule is COc1cc2nc(N3CCC(C(=O)N4C(C)CCC4C)CC3)nc(N)c2cc1OC. The van der Waals surface area contributed by atoms with Crippen LogP contribution in [0.25, 0.3) is 10.9 Å². The van der Waals surface area contributed by atoms with Crippen LogP contribution in [-0.4, -0.2) is 60.2 Å². The summed E-state index contributed by atoms with van der Waals surface area (Å²) in [5.74, 6) is 2.59. The lowest BCUT2D eigenvalue weighted by Gasteiger charge is -2.36. The van der Waals surface area contributed by atoms with E-state index in [0.29, 0.717) is 46.8 Å². The molecule has 2 saturated heterocycles. The molecule has 0 saturated carbocycles. The quantitative estimate of drug-likeness (QED) is 0.824. The summed E-state index contributed by atoms with van der Waals surface area (Å²) in [6.07, 6.45) is 3.82. The number of nitrogens with two attached hydrogens (primary N) is 1. The fourth-order valence-corrected chi connectivity index (χ4v) is 4.77. The van der Waals surface area contributed by atoms with Gasteiger partial charge >= 0.3 is 0 Å². The summed E-state index contributed by atoms with van der Waals surface area (Å²) in [7, 11) is 3.18. The highest BCUT2D eigenvalue weighted by Crippen LogP contribution is 2.35. The van der Waals surface area contributed by atoms with Crippen molar-refractivity contribution in [3.05, 3.63) is 12.1 Å². The zero-order valence-electron chi connectivity index (χ0n) is 18.2. The van der Waals surface area contributed by atoms with Gasteiger partial charge in [0.2, 0.25) is 11.9 Å². The van der Waals surface area contributed by atoms with Crippen LogP contribution in [0.3, 0.4) is 0 Å². The average molecular weight is 414 g/mol. The van der Waals surface area contributed by atoms with Crippen molar-refractivity contribution in [3.63, 3.8) is 0 Å². The molecule has 8 nitrogen and oxygen atoms in total. The highest BCUT2D eigenvalue weighted by atomic mass is 16.5. The minimum Gasteiger partial charge on any atom is -0.493 e. The Labute approximate surface area is 177 Å². The van der Waals surface area contributed by atoms with E-state index in [1.807, 2.05) is 6.07 Å². The molecule has 0 aliphatic carbocycles. The Bertz CT molecular complexity index is 932. The summed E-state index contributed by atoms with van der Waals surface area (Å²) in [6.45, 7) is 5.80. The molecule has 8 heteroatoms. The Kier molecular flexibility index (Phi) is 5.58. The van der Waals surface area contributed by atoms with Crippen molar-refractivity contribution in [2.24, 2.45) is 5.92 Å². The van der Waals surface area contributed by atoms with E-state index in [1.165, 1.54) is 0 Å². The third-order valence-corrected chi connectivity index (χ3v) is 6.55. The van der Waals surface area contributed by atoms with Crippen LogP contribution in [0.2, 0.25) is 0 Å². The van der Waals surface area contributed by atoms with Crippen LogP contribution < -0.4 is 20.1 Å². The number of carbonyl (C=O) groups is 1. The van der Waals surface area contributed by atoms with Gasteiger partial charge < -0.3 is 25.0 Å². The minimum atomic E-state index is 0.0754. The summed E-state index contributed by atoms with van der Waals surface area (Å²) < 4.78 is 10.7. The van der Waals surface area contributed by atoms with Gasteiger partial charge in [0.25, 0.3) is 0 Å². The first-order chi connectivity index (χ1) is 14.4. The molecule has 1 aromatic carbocycles. The lowest BCUT2D eigenvalue weighted by molar-refractivity contribution is -0.138. The van der Waals surface area contributed by atoms with Crippen molar-refractivity contribution in [2.75, 3.05) is 37.9 Å². The number of anilines is 2. The monoisotopic (exact) mass is 413 g/mol. The van der Waals surface area contributed by atoms with Gasteiger partial charge in [-0.1, -0.05) is 0 Å². The van der Waals surface area contributed by atoms with Crippen molar-refractivity contribution in [1.29, 1.82) is 0 Å². The number of piperidine rings is 1. The zero-order valence-corrected chi connectivity index (χ0v) is 18.2. The van der Waals surface area contributed by atoms with Crippen LogP contribution in [0.4, 0.5) is 11.8 Å². The van der Waals surface area contributed by atoms with E-state index in [0.717, 1.165) is 44.2 Å². The lowest BCUT2D eigenvalue weighted by Crippen LogP contribution is -2.46. The summed E-state index contributed by atoms with van der Waals surface area (Å²) in [6, 6.07) is 4.32. The number of nitrogen functional groups attached to an aromatic ring is 1. The van der Waals surface area contributed by atoms with Crippen LogP contribution in [0.15, 0.2) is 12.1 Å². The number of amides is 1. The largest absolute Gasteiger partial charge is 0.493 e. The molecule has 0 radical (unpaired) electrons. The predicted octanol–water partition coefficient (Wildman–Crippen LogP) is 2.85. The van der Waals surface area contributed by atoms with Gasteiger partial charge in [-0.05, 0) is 45.6 Å². The number of nitrogens with zero attached hydrogens (tertiary/aromatic N) is 4. The van der Waals surface area contributed by atoms with Crippen LogP contribution >= 0.6 is 0 Å². The first kappa shape index (κ1) is 20.5. The second kappa shape index (κ2) is 8.16. The number of ether oxygens (including phenoxy) is 2. The third kappa shape index (κ3) is 3.59. The molecule has 4 rings (SSSR count). The maximum Gasteiger partial charge on any atom is 0.227 e. The molecule has 2 fully saturated rings. The van der Waals surface area contributed by atoms with Crippen LogP contribution in [0, 0.1) is 5.92 Å². The molecule has 2 aliphatic rings. The second-order valence-electron chi connectivity index (χ2n) is 8.42. The van der Waals surface area contributed by atoms with E-state index >= 15 is 0 Å². The number of likely N-dealkylation sites (tertiary alicyclic amines) is 1. The van der Waals surface area contributed by atoms with Crippen LogP contribution in [0.5, 0.6) is 11.5 Å². The first-order valence-corrected chi connectivity index (χ1v) is 10.7. The highest BCUT2D eigenvalue weighted by Gasteiger charge is 2.36. The van der Waals surface area contributed by atoms with Gasteiger partial charge in [-0.2, -0.15) is 4.98 Å². The molecular formula is C22H31N5O3. The molecule has 1 amide bonds. The Balaban J connectivity index is 1.51. The van der Waals surface area contributed by atoms with E-state index in [9.17, 15) is 4.79 Å². The Hall–Kier alpha value is -2.77. The molecule has 162 valence electrons. The van der Waals surface area contributed by atoms with E-state index in [2.05, 4.69) is 28.6 Å². The van der Waals surface area contributed by atoms with Crippen molar-refractivity contribution in [3.8, 4) is 11.5 Å². The Morgan fingerprint density at radius 1 is 1.00 bits per heavy atom. The molecule has 3 heterocycles. The molecular weight excluding hydrogens is 382 g/mol. The van der Waals surface area contributed by atoms with Crippen LogP contribution in [0.1, 0.15) is 39.5 Å². The van der Waals surface area contributed by atoms with Crippen molar-refractivity contribution >= 4 is 28.6 Å². The molecule has 2 unspecified atom stereocenters. The average Bonchev–Trinajstić information content (AvgIpc) is 3.10. The van der Waals surface area contributed by atoms with E-state index in [-0.39, 0.29) is 5.92 Å². The van der Waals surface area contributed by atoms with Crippen molar-refractivity contribution in [2.45, 2.75) is 51.6 Å². The number of fused-ring (bicyclic) bond motifs is 1. The molecule has 30 heavy (non-hydrogen) atoms. The fourth-order valence-electron chi connectivity index (χ4n) is 4.77. The van der Waals surface area contributed by atoms with E-state index in [4.69, 9.17) is 20.2 Å². The number of aromatic nitrogens is 2. The summed E-state index contributed by atoms with van der Waals surface area (Å²) >= 11 is 0. The molecule has 2 aliphatic heterocycles. The summed E-state index contributed by atoms with van der Waals surface area (Å²) in [4.78, 5) is 26.5. The number of carbonyl (C=O) groups excluding carboxylic acids is 1. The summed E-state index contributed by atoms with van der Waals surface area (Å²) in [5.41, 5.74) is 6.95. The molecule has 2 N–H and O–H groups in total. The first-order valence-electron chi connectivity index (χ1n) is 10.7. The van der Waals surface area contributed by atoms with E-state index < -0.39 is 0 Å². The number of rotatable bonds is 4. The molecule has 2 aromatic rings. The topological polar surface area (TPSA) is 93.8 Å². The van der Waals surface area contributed by atoms with Gasteiger partial charge in [-0.25, -0.2) is 4.98 Å². The third-order valence-electron chi connectivity index (χ3n) is 6.55. The van der Waals surface area contributed by atoms with Gasteiger partial charge in [0, 0.05) is 42.5 Å². The van der Waals surface area contributed by atoms with Crippen molar-refractivity contribution in [1.82, 2.24) is 14.9 Å². The standard InChI is InChI=1S/C22H31N5O3/c1-13-5-6-14(2)27(13)21(28)15-7-9-26(10-8-15)22-24-17-12-19(30-4)18(29-3)11-16(17)20(23)25-22/h11-15H,5-10H2,1-4H3,(H2,23,24,25). The summed E-state index contributed by atoms with van der Waals surface area (Å²) in [5, 5.41) is 0.735. The van der Waals surface area contributed by atoms with Gasteiger partial charge in [0.05, 0.1) is 19.7 Å². The molecule has 2 atom stereocenters. The lowest BCUT2D eigenvalue weighted by atomic mass is 9.95. The second-order valence-corrected chi connectivity index (χ2v) is 8.42. The number of benzene rings is 1. The maximum atomic E-state index is 13.1. The Morgan fingerprint density at radius 2 is 1.60 bits per heavy atom. The minimum absolute atomic E-state index is 0.0754. The van der Waals surface area contributed by atoms with Gasteiger partial charge in [0.1, 0.15) is 5.82 Å². The van der Waals surface area contributed by atoms with Crippen molar-refractivity contribution < 1.29 is 14.3 Å². The van der Waals surface area contributed by atoms with Crippen LogP contribution in [-0.2, 0) is 4.79 Å². The highest BCUT2D eigenvalue weighted by molar-refractivity contribution is 5.91. The number of methoxy groups -OCH3 is 2. The molecule has 1 aromatic heterocycles. The number of hydrogen-bond donors (Lipinski definition) is 1.